The number of amides is 1. The minimum Gasteiger partial charge on any atom is -0.385 e. The van der Waals surface area contributed by atoms with Gasteiger partial charge in [0, 0.05) is 42.7 Å². The van der Waals surface area contributed by atoms with Crippen LogP contribution in [-0.4, -0.2) is 39.1 Å². The molecule has 1 saturated carbocycles. The zero-order valence-electron chi connectivity index (χ0n) is 17.4. The highest BCUT2D eigenvalue weighted by molar-refractivity contribution is 7.87. The van der Waals surface area contributed by atoms with Crippen LogP contribution in [0.15, 0.2) is 48.1 Å². The summed E-state index contributed by atoms with van der Waals surface area (Å²) in [5, 5.41) is 6.15. The maximum Gasteiger partial charge on any atom is 0.233 e. The number of carbonyl (C=O) groups is 1. The van der Waals surface area contributed by atoms with E-state index < -0.39 is 16.9 Å². The third-order valence-electron chi connectivity index (χ3n) is 5.01. The molecule has 0 aliphatic heterocycles. The van der Waals surface area contributed by atoms with E-state index in [2.05, 4.69) is 20.0 Å². The molecule has 1 aliphatic rings. The Bertz CT molecular complexity index is 1100. The summed E-state index contributed by atoms with van der Waals surface area (Å²) in [5.74, 6) is -0.646. The van der Waals surface area contributed by atoms with E-state index in [1.54, 1.807) is 19.5 Å². The molecule has 1 aliphatic carbocycles. The maximum atomic E-state index is 13.1. The average molecular weight is 491 g/mol. The standard InChI is InChI=1S/C22H23ClN4O3S2/c1-30-9-8-19(20-13-31-22(26-20)27-32(29)18-6-7-18)21(28)25-17-4-2-14(3-5-17)15-10-16(23)12-24-11-15/h2-5,10-13,18-19H,6-9H2,1H3,(H,25,28)(H,26,27). The zero-order valence-corrected chi connectivity index (χ0v) is 19.8. The van der Waals surface area contributed by atoms with Gasteiger partial charge in [0.1, 0.15) is 11.0 Å². The van der Waals surface area contributed by atoms with Crippen LogP contribution >= 0.6 is 22.9 Å². The number of hydrogen-bond donors (Lipinski definition) is 2. The van der Waals surface area contributed by atoms with Crippen LogP contribution in [-0.2, 0) is 20.5 Å². The molecule has 7 nitrogen and oxygen atoms in total. The van der Waals surface area contributed by atoms with Crippen molar-refractivity contribution in [1.82, 2.24) is 9.97 Å². The number of nitrogens with one attached hydrogen (secondary N) is 2. The molecule has 2 heterocycles. The summed E-state index contributed by atoms with van der Waals surface area (Å²) in [5.41, 5.74) is 3.17. The van der Waals surface area contributed by atoms with Gasteiger partial charge in [0.25, 0.3) is 0 Å². The van der Waals surface area contributed by atoms with Gasteiger partial charge >= 0.3 is 0 Å². The lowest BCUT2D eigenvalue weighted by Gasteiger charge is -2.15. The van der Waals surface area contributed by atoms with Gasteiger partial charge < -0.3 is 10.1 Å². The third-order valence-corrected chi connectivity index (χ3v) is 7.60. The fourth-order valence-electron chi connectivity index (χ4n) is 3.14. The number of ether oxygens (including phenoxy) is 1. The number of benzene rings is 1. The van der Waals surface area contributed by atoms with Crippen molar-refractivity contribution in [3.63, 3.8) is 0 Å². The third kappa shape index (κ3) is 5.92. The lowest BCUT2D eigenvalue weighted by molar-refractivity contribution is -0.118. The predicted octanol–water partition coefficient (Wildman–Crippen LogP) is 4.86. The van der Waals surface area contributed by atoms with Crippen molar-refractivity contribution >= 4 is 50.6 Å². The minimum atomic E-state index is -1.12. The van der Waals surface area contributed by atoms with E-state index in [0.717, 1.165) is 24.0 Å². The summed E-state index contributed by atoms with van der Waals surface area (Å²) >= 11 is 7.38. The number of thiazole rings is 1. The van der Waals surface area contributed by atoms with Crippen molar-refractivity contribution < 1.29 is 13.7 Å². The van der Waals surface area contributed by atoms with Crippen molar-refractivity contribution in [1.29, 1.82) is 0 Å². The molecule has 1 amide bonds. The number of rotatable bonds is 10. The van der Waals surface area contributed by atoms with Crippen LogP contribution in [0.3, 0.4) is 0 Å². The molecule has 0 bridgehead atoms. The Morgan fingerprint density at radius 1 is 1.28 bits per heavy atom. The topological polar surface area (TPSA) is 93.2 Å². The Morgan fingerprint density at radius 2 is 2.06 bits per heavy atom. The van der Waals surface area contributed by atoms with Gasteiger partial charge in [-0.3, -0.25) is 14.5 Å². The quantitative estimate of drug-likeness (QED) is 0.423. The highest BCUT2D eigenvalue weighted by Gasteiger charge is 2.30. The van der Waals surface area contributed by atoms with Gasteiger partial charge in [0.15, 0.2) is 5.13 Å². The molecule has 0 spiro atoms. The highest BCUT2D eigenvalue weighted by Crippen LogP contribution is 2.30. The summed E-state index contributed by atoms with van der Waals surface area (Å²) in [6, 6.07) is 9.34. The first-order chi connectivity index (χ1) is 15.5. The Morgan fingerprint density at radius 3 is 2.75 bits per heavy atom. The predicted molar refractivity (Wildman–Crippen MR) is 129 cm³/mol. The van der Waals surface area contributed by atoms with Crippen molar-refractivity contribution in [2.24, 2.45) is 0 Å². The highest BCUT2D eigenvalue weighted by atomic mass is 35.5. The second-order valence-electron chi connectivity index (χ2n) is 7.47. The van der Waals surface area contributed by atoms with Crippen molar-refractivity contribution in [3.05, 3.63) is 58.8 Å². The number of pyridine rings is 1. The van der Waals surface area contributed by atoms with Gasteiger partial charge in [0.05, 0.1) is 21.9 Å². The van der Waals surface area contributed by atoms with Crippen LogP contribution in [0.4, 0.5) is 10.8 Å². The van der Waals surface area contributed by atoms with E-state index >= 15 is 0 Å². The molecular weight excluding hydrogens is 468 g/mol. The van der Waals surface area contributed by atoms with Crippen LogP contribution in [0, 0.1) is 0 Å². The van der Waals surface area contributed by atoms with E-state index in [1.807, 2.05) is 35.7 Å². The first kappa shape index (κ1) is 22.8. The number of hydrogen-bond acceptors (Lipinski definition) is 6. The molecule has 1 aromatic carbocycles. The molecule has 3 aromatic rings. The number of carbonyl (C=O) groups excluding carboxylic acids is 1. The van der Waals surface area contributed by atoms with Gasteiger partial charge in [-0.2, -0.15) is 0 Å². The van der Waals surface area contributed by atoms with E-state index in [4.69, 9.17) is 16.3 Å². The number of aromatic nitrogens is 2. The van der Waals surface area contributed by atoms with E-state index in [9.17, 15) is 9.00 Å². The zero-order chi connectivity index (χ0) is 22.5. The smallest absolute Gasteiger partial charge is 0.233 e. The second kappa shape index (κ2) is 10.5. The molecule has 2 atom stereocenters. The van der Waals surface area contributed by atoms with Gasteiger partial charge in [-0.15, -0.1) is 11.3 Å². The average Bonchev–Trinajstić information content (AvgIpc) is 3.55. The first-order valence-electron chi connectivity index (χ1n) is 10.2. The lowest BCUT2D eigenvalue weighted by Crippen LogP contribution is -2.23. The SMILES string of the molecule is COCCC(C(=O)Nc1ccc(-c2cncc(Cl)c2)cc1)c1csc(NS(=O)C2CC2)n1. The van der Waals surface area contributed by atoms with Gasteiger partial charge in [0.2, 0.25) is 5.91 Å². The lowest BCUT2D eigenvalue weighted by atomic mass is 10.0. The number of nitrogens with zero attached hydrogens (tertiary/aromatic N) is 2. The van der Waals surface area contributed by atoms with Gasteiger partial charge in [-0.05, 0) is 43.0 Å². The fraction of sp³-hybridized carbons (Fsp3) is 0.318. The molecule has 32 heavy (non-hydrogen) atoms. The first-order valence-corrected chi connectivity index (χ1v) is 12.6. The Hall–Kier alpha value is -2.33. The summed E-state index contributed by atoms with van der Waals surface area (Å²) in [6.07, 6.45) is 5.77. The minimum absolute atomic E-state index is 0.167. The van der Waals surface area contributed by atoms with Gasteiger partial charge in [-0.1, -0.05) is 23.7 Å². The van der Waals surface area contributed by atoms with E-state index in [-0.39, 0.29) is 11.2 Å². The van der Waals surface area contributed by atoms with Crippen LogP contribution in [0.1, 0.15) is 30.9 Å². The van der Waals surface area contributed by atoms with Crippen LogP contribution in [0.25, 0.3) is 11.1 Å². The van der Waals surface area contributed by atoms with Crippen molar-refractivity contribution in [2.45, 2.75) is 30.4 Å². The van der Waals surface area contributed by atoms with Gasteiger partial charge in [-0.25, -0.2) is 9.19 Å². The van der Waals surface area contributed by atoms with E-state index in [1.165, 1.54) is 11.3 Å². The Balaban J connectivity index is 1.44. The second-order valence-corrected chi connectivity index (χ2v) is 10.2. The molecule has 2 aromatic heterocycles. The number of methoxy groups -OCH3 is 1. The molecule has 10 heteroatoms. The summed E-state index contributed by atoms with van der Waals surface area (Å²) in [4.78, 5) is 21.7. The molecule has 1 fully saturated rings. The summed E-state index contributed by atoms with van der Waals surface area (Å²) in [7, 11) is 0.484. The van der Waals surface area contributed by atoms with E-state index in [0.29, 0.717) is 34.6 Å². The Kier molecular flexibility index (Phi) is 7.51. The number of anilines is 2. The maximum absolute atomic E-state index is 13.1. The normalized spacial score (nSPS) is 15.2. The molecule has 0 radical (unpaired) electrons. The van der Waals surface area contributed by atoms with Crippen molar-refractivity contribution in [2.75, 3.05) is 23.8 Å². The Labute approximate surface area is 198 Å². The van der Waals surface area contributed by atoms with Crippen molar-refractivity contribution in [3.8, 4) is 11.1 Å². The molecular formula is C22H23ClN4O3S2. The molecule has 0 saturated heterocycles. The largest absolute Gasteiger partial charge is 0.385 e. The fourth-order valence-corrected chi connectivity index (χ4v) is 5.31. The molecule has 2 N–H and O–H groups in total. The summed E-state index contributed by atoms with van der Waals surface area (Å²) in [6.45, 7) is 0.424. The van der Waals surface area contributed by atoms with Crippen LogP contribution < -0.4 is 10.0 Å². The summed E-state index contributed by atoms with van der Waals surface area (Å²) < 4.78 is 20.3. The van der Waals surface area contributed by atoms with Crippen LogP contribution in [0.5, 0.6) is 0 Å². The van der Waals surface area contributed by atoms with Crippen LogP contribution in [0.2, 0.25) is 5.02 Å². The monoisotopic (exact) mass is 490 g/mol. The molecule has 2 unspecified atom stereocenters. The number of halogens is 1. The molecule has 168 valence electrons. The molecule has 4 rings (SSSR count).